The summed E-state index contributed by atoms with van der Waals surface area (Å²) in [5.41, 5.74) is 0. The zero-order valence-corrected chi connectivity index (χ0v) is 59.5. The van der Waals surface area contributed by atoms with Crippen molar-refractivity contribution in [3.8, 4) is 0 Å². The molecule has 0 bridgehead atoms. The number of hydrogen-bond donors (Lipinski definition) is 12. The summed E-state index contributed by atoms with van der Waals surface area (Å²) in [5.74, 6) is -0.233. The van der Waals surface area contributed by atoms with E-state index in [0.717, 1.165) is 44.9 Å². The van der Waals surface area contributed by atoms with Crippen LogP contribution in [-0.2, 0) is 33.2 Å². The SMILES string of the molecule is CCCCCCCCCCCCCCCCCCCCCCCCCCCC(=O)NC(COC1OC(CO)C(OC2OC(CO)C(OC3OC(CO)C(O)C(O)C3O)C(O)C2O)C(O)C1O)C(O)CCCCCCCCCCCCCCCCCCCCCCCCCC. The summed E-state index contributed by atoms with van der Waals surface area (Å²) in [6, 6.07) is -0.883. The van der Waals surface area contributed by atoms with Gasteiger partial charge >= 0.3 is 0 Å². The molecule has 3 fully saturated rings. The van der Waals surface area contributed by atoms with Gasteiger partial charge in [-0.2, -0.15) is 0 Å². The Morgan fingerprint density at radius 1 is 0.340 bits per heavy atom. The second kappa shape index (κ2) is 57.4. The molecule has 17 atom stereocenters. The monoisotopic (exact) mass is 1350 g/mol. The van der Waals surface area contributed by atoms with Gasteiger partial charge in [-0.15, -0.1) is 0 Å². The van der Waals surface area contributed by atoms with E-state index in [-0.39, 0.29) is 18.9 Å². The summed E-state index contributed by atoms with van der Waals surface area (Å²) in [4.78, 5) is 13.5. The van der Waals surface area contributed by atoms with Crippen LogP contribution in [0.25, 0.3) is 0 Å². The van der Waals surface area contributed by atoms with Crippen LogP contribution in [0, 0.1) is 0 Å². The zero-order chi connectivity index (χ0) is 68.2. The van der Waals surface area contributed by atoms with Gasteiger partial charge in [-0.1, -0.05) is 322 Å². The van der Waals surface area contributed by atoms with E-state index >= 15 is 0 Å². The number of nitrogens with one attached hydrogen (secondary N) is 1. The van der Waals surface area contributed by atoms with E-state index in [1.54, 1.807) is 0 Å². The lowest BCUT2D eigenvalue weighted by atomic mass is 9.96. The average Bonchev–Trinajstić information content (AvgIpc) is 0.788. The van der Waals surface area contributed by atoms with Crippen molar-refractivity contribution in [1.82, 2.24) is 5.32 Å². The fraction of sp³-hybridized carbons (Fsp3) is 0.987. The van der Waals surface area contributed by atoms with Crippen molar-refractivity contribution < 1.29 is 89.4 Å². The molecule has 17 unspecified atom stereocenters. The Bertz CT molecular complexity index is 1700. The molecule has 3 saturated heterocycles. The van der Waals surface area contributed by atoms with Crippen LogP contribution in [0.3, 0.4) is 0 Å². The van der Waals surface area contributed by atoms with E-state index in [2.05, 4.69) is 19.2 Å². The first-order valence-electron chi connectivity index (χ1n) is 39.3. The summed E-state index contributed by atoms with van der Waals surface area (Å²) in [6.07, 6.45) is 37.6. The number of aliphatic hydroxyl groups excluding tert-OH is 11. The Labute approximate surface area is 570 Å². The standard InChI is InChI=1S/C75H145NO18/c1-3-5-7-9-11-13-15-17-19-21-23-25-27-29-31-33-35-37-39-41-43-45-47-49-51-53-63(81)76-58(59(80)52-50-48-46-44-42-40-38-36-34-32-30-28-26-24-22-20-18-16-14-12-10-8-6-4-2)57-89-73-69(87)66(84)71(61(55-78)91-73)94-75-70(88)67(85)72(62(56-79)92-75)93-74-68(86)65(83)64(82)60(54-77)90-74/h58-62,64-75,77-80,82-88H,3-57H2,1-2H3,(H,76,81). The molecule has 0 saturated carbocycles. The number of hydrogen-bond acceptors (Lipinski definition) is 18. The predicted molar refractivity (Wildman–Crippen MR) is 370 cm³/mol. The lowest BCUT2D eigenvalue weighted by molar-refractivity contribution is -0.379. The van der Waals surface area contributed by atoms with Gasteiger partial charge in [0.05, 0.1) is 38.6 Å². The van der Waals surface area contributed by atoms with Crippen LogP contribution in [0.5, 0.6) is 0 Å². The van der Waals surface area contributed by atoms with Crippen LogP contribution < -0.4 is 5.32 Å². The highest BCUT2D eigenvalue weighted by atomic mass is 16.8. The first kappa shape index (κ1) is 87.0. The number of rotatable bonds is 63. The van der Waals surface area contributed by atoms with Gasteiger partial charge in [0.15, 0.2) is 18.9 Å². The Morgan fingerprint density at radius 2 is 0.606 bits per heavy atom. The highest BCUT2D eigenvalue weighted by Crippen LogP contribution is 2.33. The second-order valence-corrected chi connectivity index (χ2v) is 28.5. The molecule has 0 aliphatic carbocycles. The highest BCUT2D eigenvalue weighted by Gasteiger charge is 2.54. The number of carbonyl (C=O) groups excluding carboxylic acids is 1. The molecule has 94 heavy (non-hydrogen) atoms. The van der Waals surface area contributed by atoms with Crippen LogP contribution in [0.1, 0.15) is 341 Å². The minimum atomic E-state index is -1.97. The molecule has 12 N–H and O–H groups in total. The highest BCUT2D eigenvalue weighted by molar-refractivity contribution is 5.76. The third-order valence-corrected chi connectivity index (χ3v) is 20.2. The molecule has 3 aliphatic rings. The normalized spacial score (nSPS) is 27.3. The molecule has 0 aromatic heterocycles. The molecule has 0 aromatic carbocycles. The molecule has 19 heteroatoms. The number of aliphatic hydroxyl groups is 11. The number of unbranched alkanes of at least 4 members (excludes halogenated alkanes) is 47. The maximum Gasteiger partial charge on any atom is 0.220 e. The topological polar surface area (TPSA) is 307 Å². The second-order valence-electron chi connectivity index (χ2n) is 28.5. The molecule has 558 valence electrons. The Kier molecular flexibility index (Phi) is 53.1. The summed E-state index contributed by atoms with van der Waals surface area (Å²) in [5, 5.41) is 121. The van der Waals surface area contributed by atoms with E-state index in [0.29, 0.717) is 12.8 Å². The van der Waals surface area contributed by atoms with E-state index in [4.69, 9.17) is 28.4 Å². The van der Waals surface area contributed by atoms with Crippen molar-refractivity contribution in [2.75, 3.05) is 26.4 Å². The molecule has 3 heterocycles. The molecule has 1 amide bonds. The van der Waals surface area contributed by atoms with E-state index in [1.165, 1.54) is 263 Å². The van der Waals surface area contributed by atoms with Gasteiger partial charge in [0.2, 0.25) is 5.91 Å². The Hall–Kier alpha value is -1.21. The molecule has 3 aliphatic heterocycles. The van der Waals surface area contributed by atoms with Gasteiger partial charge in [0.1, 0.15) is 73.2 Å². The minimum absolute atomic E-state index is 0.233. The molecule has 0 radical (unpaired) electrons. The van der Waals surface area contributed by atoms with Gasteiger partial charge < -0.3 is 89.9 Å². The lowest BCUT2D eigenvalue weighted by Gasteiger charge is -2.48. The Morgan fingerprint density at radius 3 is 0.926 bits per heavy atom. The first-order chi connectivity index (χ1) is 45.8. The molecule has 0 aromatic rings. The molecule has 3 rings (SSSR count). The van der Waals surface area contributed by atoms with Crippen LogP contribution >= 0.6 is 0 Å². The molecule has 19 nitrogen and oxygen atoms in total. The summed E-state index contributed by atoms with van der Waals surface area (Å²) in [6.45, 7) is 1.87. The van der Waals surface area contributed by atoms with Crippen LogP contribution in [-0.4, -0.2) is 193 Å². The predicted octanol–water partition coefficient (Wildman–Crippen LogP) is 12.2. The summed E-state index contributed by atoms with van der Waals surface area (Å²) in [7, 11) is 0. The smallest absolute Gasteiger partial charge is 0.220 e. The first-order valence-corrected chi connectivity index (χ1v) is 39.3. The van der Waals surface area contributed by atoms with E-state index in [1.807, 2.05) is 0 Å². The van der Waals surface area contributed by atoms with Crippen LogP contribution in [0.2, 0.25) is 0 Å². The minimum Gasteiger partial charge on any atom is -0.394 e. The lowest BCUT2D eigenvalue weighted by Crippen LogP contribution is -2.66. The molecular weight excluding hydrogens is 1200 g/mol. The summed E-state index contributed by atoms with van der Waals surface area (Å²) >= 11 is 0. The zero-order valence-electron chi connectivity index (χ0n) is 59.5. The van der Waals surface area contributed by atoms with Crippen LogP contribution in [0.15, 0.2) is 0 Å². The van der Waals surface area contributed by atoms with Crippen molar-refractivity contribution in [3.05, 3.63) is 0 Å². The summed E-state index contributed by atoms with van der Waals surface area (Å²) < 4.78 is 34.5. The van der Waals surface area contributed by atoms with Crippen molar-refractivity contribution in [3.63, 3.8) is 0 Å². The fourth-order valence-electron chi connectivity index (χ4n) is 13.8. The maximum atomic E-state index is 13.5. The number of carbonyl (C=O) groups is 1. The molecular formula is C75H145NO18. The van der Waals surface area contributed by atoms with Gasteiger partial charge in [-0.05, 0) is 12.8 Å². The van der Waals surface area contributed by atoms with Gasteiger partial charge in [0, 0.05) is 6.42 Å². The van der Waals surface area contributed by atoms with Gasteiger partial charge in [-0.3, -0.25) is 4.79 Å². The van der Waals surface area contributed by atoms with Gasteiger partial charge in [-0.25, -0.2) is 0 Å². The largest absolute Gasteiger partial charge is 0.394 e. The maximum absolute atomic E-state index is 13.5. The van der Waals surface area contributed by atoms with Crippen molar-refractivity contribution in [1.29, 1.82) is 0 Å². The third-order valence-electron chi connectivity index (χ3n) is 20.2. The van der Waals surface area contributed by atoms with Crippen LogP contribution in [0.4, 0.5) is 0 Å². The fourth-order valence-corrected chi connectivity index (χ4v) is 13.8. The number of ether oxygens (including phenoxy) is 6. The third kappa shape index (κ3) is 38.0. The number of amides is 1. The van der Waals surface area contributed by atoms with Crippen molar-refractivity contribution in [2.24, 2.45) is 0 Å². The van der Waals surface area contributed by atoms with E-state index < -0.39 is 124 Å². The van der Waals surface area contributed by atoms with Gasteiger partial charge in [0.25, 0.3) is 0 Å². The quantitative estimate of drug-likeness (QED) is 0.0252. The van der Waals surface area contributed by atoms with Crippen molar-refractivity contribution in [2.45, 2.75) is 446 Å². The van der Waals surface area contributed by atoms with E-state index in [9.17, 15) is 61.0 Å². The van der Waals surface area contributed by atoms with Crippen molar-refractivity contribution >= 4 is 5.91 Å². The Balaban J connectivity index is 1.38. The molecule has 0 spiro atoms. The average molecular weight is 1350 g/mol.